The SMILES string of the molecule is COC(=O)c1ccc(Nc2c(-c3ccc4c(c3)NC(=O)OC4)[nH]c3c(C#N)cnn23)cc1. The molecule has 2 aromatic heterocycles. The lowest BCUT2D eigenvalue weighted by Gasteiger charge is -2.18. The number of carbonyl (C=O) groups excluding carboxylic acids is 2. The zero-order valence-corrected chi connectivity index (χ0v) is 16.8. The number of amides is 1. The van der Waals surface area contributed by atoms with Crippen LogP contribution in [0.5, 0.6) is 0 Å². The third kappa shape index (κ3) is 3.18. The lowest BCUT2D eigenvalue weighted by Crippen LogP contribution is -2.20. The Hall–Kier alpha value is -4.78. The molecule has 5 rings (SSSR count). The molecule has 0 atom stereocenters. The number of hydrogen-bond donors (Lipinski definition) is 3. The van der Waals surface area contributed by atoms with Crippen molar-refractivity contribution >= 4 is 34.9 Å². The van der Waals surface area contributed by atoms with Gasteiger partial charge in [0.1, 0.15) is 18.2 Å². The van der Waals surface area contributed by atoms with E-state index in [9.17, 15) is 14.9 Å². The van der Waals surface area contributed by atoms with Gasteiger partial charge in [-0.05, 0) is 30.3 Å². The molecule has 3 N–H and O–H groups in total. The zero-order valence-electron chi connectivity index (χ0n) is 16.8. The van der Waals surface area contributed by atoms with Crippen molar-refractivity contribution < 1.29 is 19.1 Å². The Morgan fingerprint density at radius 3 is 2.84 bits per heavy atom. The highest BCUT2D eigenvalue weighted by Gasteiger charge is 2.21. The molecule has 4 aromatic rings. The van der Waals surface area contributed by atoms with E-state index in [0.29, 0.717) is 39.7 Å². The minimum absolute atomic E-state index is 0.200. The summed E-state index contributed by atoms with van der Waals surface area (Å²) in [5, 5.41) is 19.8. The van der Waals surface area contributed by atoms with Crippen molar-refractivity contribution in [2.75, 3.05) is 17.7 Å². The summed E-state index contributed by atoms with van der Waals surface area (Å²) in [5.41, 5.74) is 5.00. The number of nitrogens with zero attached hydrogens (tertiary/aromatic N) is 3. The number of carbonyl (C=O) groups is 2. The van der Waals surface area contributed by atoms with Crippen molar-refractivity contribution in [1.82, 2.24) is 14.6 Å². The van der Waals surface area contributed by atoms with Crippen LogP contribution in [0, 0.1) is 11.3 Å². The molecule has 158 valence electrons. The maximum Gasteiger partial charge on any atom is 0.411 e. The molecule has 1 aliphatic heterocycles. The molecule has 0 saturated heterocycles. The van der Waals surface area contributed by atoms with E-state index in [1.165, 1.54) is 13.3 Å². The van der Waals surface area contributed by atoms with Gasteiger partial charge in [-0.15, -0.1) is 0 Å². The molecule has 2 aromatic carbocycles. The number of nitrogens with one attached hydrogen (secondary N) is 3. The Morgan fingerprint density at radius 2 is 2.09 bits per heavy atom. The summed E-state index contributed by atoms with van der Waals surface area (Å²) < 4.78 is 11.3. The summed E-state index contributed by atoms with van der Waals surface area (Å²) >= 11 is 0. The molecule has 0 fully saturated rings. The van der Waals surface area contributed by atoms with E-state index in [4.69, 9.17) is 9.47 Å². The minimum atomic E-state index is -0.508. The molecule has 0 unspecified atom stereocenters. The van der Waals surface area contributed by atoms with Gasteiger partial charge in [0.25, 0.3) is 0 Å². The lowest BCUT2D eigenvalue weighted by atomic mass is 10.1. The average molecular weight is 428 g/mol. The van der Waals surface area contributed by atoms with Crippen LogP contribution in [0.15, 0.2) is 48.7 Å². The first-order chi connectivity index (χ1) is 15.6. The maximum absolute atomic E-state index is 11.7. The lowest BCUT2D eigenvalue weighted by molar-refractivity contribution is 0.0600. The van der Waals surface area contributed by atoms with Gasteiger partial charge < -0.3 is 19.8 Å². The second kappa shape index (κ2) is 7.48. The van der Waals surface area contributed by atoms with E-state index in [0.717, 1.165) is 11.1 Å². The van der Waals surface area contributed by atoms with Gasteiger partial charge in [0.05, 0.1) is 30.3 Å². The molecule has 0 bridgehead atoms. The van der Waals surface area contributed by atoms with Crippen molar-refractivity contribution in [3.05, 3.63) is 65.4 Å². The van der Waals surface area contributed by atoms with Gasteiger partial charge in [0.2, 0.25) is 0 Å². The fourth-order valence-electron chi connectivity index (χ4n) is 3.54. The summed E-state index contributed by atoms with van der Waals surface area (Å²) in [4.78, 5) is 26.6. The quantitative estimate of drug-likeness (QED) is 0.421. The summed E-state index contributed by atoms with van der Waals surface area (Å²) in [7, 11) is 1.33. The third-order valence-electron chi connectivity index (χ3n) is 5.14. The number of ether oxygens (including phenoxy) is 2. The second-order valence-corrected chi connectivity index (χ2v) is 7.05. The highest BCUT2D eigenvalue weighted by atomic mass is 16.5. The number of esters is 1. The van der Waals surface area contributed by atoms with E-state index >= 15 is 0 Å². The van der Waals surface area contributed by atoms with Crippen LogP contribution in [0.4, 0.5) is 22.0 Å². The topological polar surface area (TPSA) is 134 Å². The third-order valence-corrected chi connectivity index (χ3v) is 5.14. The fraction of sp³-hybridized carbons (Fsp3) is 0.0909. The average Bonchev–Trinajstić information content (AvgIpc) is 3.38. The number of H-pyrrole nitrogens is 1. The van der Waals surface area contributed by atoms with Gasteiger partial charge in [-0.2, -0.15) is 14.9 Å². The maximum atomic E-state index is 11.7. The first-order valence-corrected chi connectivity index (χ1v) is 9.59. The van der Waals surface area contributed by atoms with E-state index in [1.807, 2.05) is 18.2 Å². The number of fused-ring (bicyclic) bond motifs is 2. The number of hydrogen-bond acceptors (Lipinski definition) is 7. The van der Waals surface area contributed by atoms with Crippen LogP contribution in [-0.4, -0.2) is 33.8 Å². The predicted octanol–water partition coefficient (Wildman–Crippen LogP) is 3.79. The van der Waals surface area contributed by atoms with Crippen LogP contribution in [0.2, 0.25) is 0 Å². The van der Waals surface area contributed by atoms with E-state index in [1.54, 1.807) is 28.8 Å². The molecule has 0 spiro atoms. The van der Waals surface area contributed by atoms with Crippen molar-refractivity contribution in [2.24, 2.45) is 0 Å². The standard InChI is InChI=1S/C22H16N6O4/c1-31-21(29)12-4-6-16(7-5-12)25-20-18(27-19-15(9-23)10-24-28(19)20)13-2-3-14-11-32-22(30)26-17(14)8-13/h2-8,10,25,27H,11H2,1H3,(H,26,30). The van der Waals surface area contributed by atoms with E-state index in [-0.39, 0.29) is 6.61 Å². The number of aromatic amines is 1. The molecule has 3 heterocycles. The number of anilines is 3. The molecular formula is C22H16N6O4. The van der Waals surface area contributed by atoms with Gasteiger partial charge >= 0.3 is 12.1 Å². The second-order valence-electron chi connectivity index (χ2n) is 7.05. The molecule has 0 aliphatic carbocycles. The summed E-state index contributed by atoms with van der Waals surface area (Å²) in [5.74, 6) is 0.165. The van der Waals surface area contributed by atoms with Crippen molar-refractivity contribution in [3.63, 3.8) is 0 Å². The highest BCUT2D eigenvalue weighted by molar-refractivity contribution is 5.91. The molecule has 32 heavy (non-hydrogen) atoms. The van der Waals surface area contributed by atoms with Crippen LogP contribution in [0.25, 0.3) is 16.9 Å². The molecule has 1 aliphatic rings. The molecular weight excluding hydrogens is 412 g/mol. The summed E-state index contributed by atoms with van der Waals surface area (Å²) in [6.07, 6.45) is 0.970. The smallest absolute Gasteiger partial charge is 0.411 e. The monoisotopic (exact) mass is 428 g/mol. The molecule has 0 radical (unpaired) electrons. The Morgan fingerprint density at radius 1 is 1.28 bits per heavy atom. The first kappa shape index (κ1) is 19.2. The number of cyclic esters (lactones) is 1. The van der Waals surface area contributed by atoms with Crippen molar-refractivity contribution in [3.8, 4) is 17.3 Å². The highest BCUT2D eigenvalue weighted by Crippen LogP contribution is 2.35. The summed E-state index contributed by atoms with van der Waals surface area (Å²) in [6.45, 7) is 0.200. The van der Waals surface area contributed by atoms with E-state index < -0.39 is 12.1 Å². The van der Waals surface area contributed by atoms with Crippen LogP contribution in [-0.2, 0) is 16.1 Å². The zero-order chi connectivity index (χ0) is 22.2. The Bertz CT molecular complexity index is 1410. The predicted molar refractivity (Wildman–Crippen MR) is 115 cm³/mol. The van der Waals surface area contributed by atoms with Gasteiger partial charge in [0, 0.05) is 16.8 Å². The summed E-state index contributed by atoms with van der Waals surface area (Å²) in [6, 6.07) is 14.5. The van der Waals surface area contributed by atoms with Crippen LogP contribution >= 0.6 is 0 Å². The van der Waals surface area contributed by atoms with Crippen LogP contribution in [0.1, 0.15) is 21.5 Å². The fourth-order valence-corrected chi connectivity index (χ4v) is 3.54. The number of imidazole rings is 1. The van der Waals surface area contributed by atoms with Crippen molar-refractivity contribution in [2.45, 2.75) is 6.61 Å². The van der Waals surface area contributed by atoms with Gasteiger partial charge in [0.15, 0.2) is 11.5 Å². The van der Waals surface area contributed by atoms with Gasteiger partial charge in [-0.25, -0.2) is 9.59 Å². The van der Waals surface area contributed by atoms with Crippen LogP contribution in [0.3, 0.4) is 0 Å². The number of methoxy groups -OCH3 is 1. The number of nitriles is 1. The number of aromatic nitrogens is 3. The largest absolute Gasteiger partial charge is 0.465 e. The Balaban J connectivity index is 1.59. The molecule has 1 amide bonds. The van der Waals surface area contributed by atoms with E-state index in [2.05, 4.69) is 26.8 Å². The number of rotatable bonds is 4. The van der Waals surface area contributed by atoms with Crippen molar-refractivity contribution in [1.29, 1.82) is 5.26 Å². The van der Waals surface area contributed by atoms with Gasteiger partial charge in [-0.3, -0.25) is 5.32 Å². The molecule has 10 heteroatoms. The first-order valence-electron chi connectivity index (χ1n) is 9.59. The Kier molecular flexibility index (Phi) is 4.49. The minimum Gasteiger partial charge on any atom is -0.465 e. The molecule has 10 nitrogen and oxygen atoms in total. The normalized spacial score (nSPS) is 12.4. The number of benzene rings is 2. The van der Waals surface area contributed by atoms with Gasteiger partial charge in [-0.1, -0.05) is 12.1 Å². The Labute approximate surface area is 181 Å². The van der Waals surface area contributed by atoms with Crippen LogP contribution < -0.4 is 10.6 Å². The molecule has 0 saturated carbocycles.